The Morgan fingerprint density at radius 2 is 2.64 bits per heavy atom. The fourth-order valence-corrected chi connectivity index (χ4v) is 1.52. The molecule has 2 aliphatic heterocycles. The number of hydrogen-bond donors (Lipinski definition) is 1. The minimum atomic E-state index is 0.562. The molecule has 0 spiro atoms. The average molecular weight is 154 g/mol. The maximum Gasteiger partial charge on any atom is 0.0703 e. The first-order valence-corrected chi connectivity index (χ1v) is 4.13. The highest BCUT2D eigenvalue weighted by atomic mass is 16.5. The predicted molar refractivity (Wildman–Crippen MR) is 42.8 cm³/mol. The number of nitrogens with one attached hydrogen (secondary N) is 1. The van der Waals surface area contributed by atoms with Crippen molar-refractivity contribution in [3.8, 4) is 0 Å². The van der Waals surface area contributed by atoms with E-state index in [0.717, 1.165) is 26.2 Å². The number of hydrogen-bond acceptors (Lipinski definition) is 3. The number of nitrogens with zero attached hydrogens (tertiary/aromatic N) is 1. The summed E-state index contributed by atoms with van der Waals surface area (Å²) < 4.78 is 5.29. The molecule has 1 unspecified atom stereocenters. The molecule has 0 aromatic rings. The summed E-state index contributed by atoms with van der Waals surface area (Å²) in [6.07, 6.45) is 3.33. The highest BCUT2D eigenvalue weighted by Gasteiger charge is 2.23. The van der Waals surface area contributed by atoms with Crippen molar-refractivity contribution in [1.29, 1.82) is 0 Å². The van der Waals surface area contributed by atoms with E-state index in [1.54, 1.807) is 0 Å². The summed E-state index contributed by atoms with van der Waals surface area (Å²) in [5, 5.41) is 2.18. The van der Waals surface area contributed by atoms with Gasteiger partial charge >= 0.3 is 0 Å². The summed E-state index contributed by atoms with van der Waals surface area (Å²) in [5.74, 6) is 0. The summed E-state index contributed by atoms with van der Waals surface area (Å²) in [6.45, 7) is 4.92. The molecule has 0 aromatic carbocycles. The second kappa shape index (κ2) is 2.83. The monoisotopic (exact) mass is 154 g/mol. The van der Waals surface area contributed by atoms with Gasteiger partial charge in [-0.1, -0.05) is 0 Å². The Bertz CT molecular complexity index is 173. The van der Waals surface area contributed by atoms with Crippen LogP contribution < -0.4 is 5.43 Å². The zero-order valence-electron chi connectivity index (χ0n) is 6.84. The summed E-state index contributed by atoms with van der Waals surface area (Å²) in [6, 6.07) is 0.562. The number of rotatable bonds is 1. The highest BCUT2D eigenvalue weighted by Crippen LogP contribution is 2.14. The quantitative estimate of drug-likeness (QED) is 0.595. The van der Waals surface area contributed by atoms with Crippen molar-refractivity contribution in [2.24, 2.45) is 0 Å². The van der Waals surface area contributed by atoms with Crippen molar-refractivity contribution in [1.82, 2.24) is 10.4 Å². The largest absolute Gasteiger partial charge is 0.379 e. The molecule has 3 heteroatoms. The van der Waals surface area contributed by atoms with Gasteiger partial charge in [-0.2, -0.15) is 0 Å². The van der Waals surface area contributed by atoms with Crippen LogP contribution in [0, 0.1) is 0 Å². The lowest BCUT2D eigenvalue weighted by molar-refractivity contribution is 0.153. The Morgan fingerprint density at radius 1 is 1.73 bits per heavy atom. The van der Waals surface area contributed by atoms with Gasteiger partial charge < -0.3 is 9.75 Å². The molecule has 0 aliphatic carbocycles. The summed E-state index contributed by atoms with van der Waals surface area (Å²) >= 11 is 0. The van der Waals surface area contributed by atoms with Gasteiger partial charge in [0.1, 0.15) is 0 Å². The summed E-state index contributed by atoms with van der Waals surface area (Å²) in [7, 11) is 0. The van der Waals surface area contributed by atoms with Gasteiger partial charge in [-0.25, -0.2) is 5.43 Å². The second-order valence-electron chi connectivity index (χ2n) is 3.24. The molecular formula is C8H14N2O. The predicted octanol–water partition coefficient (Wildman–Crippen LogP) is 0.499. The van der Waals surface area contributed by atoms with Crippen LogP contribution in [0.1, 0.15) is 13.3 Å². The fourth-order valence-electron chi connectivity index (χ4n) is 1.52. The lowest BCUT2D eigenvalue weighted by Crippen LogP contribution is -2.38. The first-order valence-electron chi connectivity index (χ1n) is 4.13. The average Bonchev–Trinajstić information content (AvgIpc) is 2.55. The van der Waals surface area contributed by atoms with E-state index in [-0.39, 0.29) is 0 Å². The Balaban J connectivity index is 1.95. The van der Waals surface area contributed by atoms with Crippen LogP contribution in [0.25, 0.3) is 0 Å². The molecule has 1 fully saturated rings. The molecule has 1 atom stereocenters. The third-order valence-corrected chi connectivity index (χ3v) is 2.20. The Morgan fingerprint density at radius 3 is 3.18 bits per heavy atom. The van der Waals surface area contributed by atoms with Crippen LogP contribution in [-0.2, 0) is 4.74 Å². The topological polar surface area (TPSA) is 24.5 Å². The van der Waals surface area contributed by atoms with E-state index in [9.17, 15) is 0 Å². The van der Waals surface area contributed by atoms with Crippen LogP contribution in [-0.4, -0.2) is 30.8 Å². The second-order valence-corrected chi connectivity index (χ2v) is 3.24. The van der Waals surface area contributed by atoms with E-state index in [2.05, 4.69) is 23.6 Å². The number of ether oxygens (including phenoxy) is 1. The molecule has 0 saturated carbocycles. The number of hydrazine groups is 1. The molecule has 11 heavy (non-hydrogen) atoms. The Kier molecular flexibility index (Phi) is 1.84. The van der Waals surface area contributed by atoms with Crippen LogP contribution in [0.4, 0.5) is 0 Å². The Hall–Kier alpha value is -0.540. The van der Waals surface area contributed by atoms with E-state index in [1.807, 2.05) is 0 Å². The molecule has 1 saturated heterocycles. The standard InChI is InChI=1S/C8H14N2O/c1-7-4-9-10(5-7)8-2-3-11-6-8/h5,8-9H,2-4,6H2,1H3. The van der Waals surface area contributed by atoms with E-state index in [1.165, 1.54) is 5.57 Å². The molecule has 2 heterocycles. The van der Waals surface area contributed by atoms with E-state index >= 15 is 0 Å². The van der Waals surface area contributed by atoms with Gasteiger partial charge in [0, 0.05) is 19.4 Å². The zero-order chi connectivity index (χ0) is 7.68. The molecule has 0 aromatic heterocycles. The first-order chi connectivity index (χ1) is 5.36. The smallest absolute Gasteiger partial charge is 0.0703 e. The maximum absolute atomic E-state index is 5.29. The van der Waals surface area contributed by atoms with Gasteiger partial charge in [0.25, 0.3) is 0 Å². The molecule has 1 N–H and O–H groups in total. The molecule has 62 valence electrons. The Labute approximate surface area is 67.0 Å². The van der Waals surface area contributed by atoms with Crippen molar-refractivity contribution in [3.05, 3.63) is 11.8 Å². The van der Waals surface area contributed by atoms with Crippen LogP contribution in [0.3, 0.4) is 0 Å². The molecule has 2 aliphatic rings. The van der Waals surface area contributed by atoms with Crippen LogP contribution in [0.5, 0.6) is 0 Å². The van der Waals surface area contributed by atoms with Crippen molar-refractivity contribution in [2.45, 2.75) is 19.4 Å². The molecule has 0 bridgehead atoms. The molecule has 0 radical (unpaired) electrons. The van der Waals surface area contributed by atoms with Gasteiger partial charge in [-0.15, -0.1) is 0 Å². The van der Waals surface area contributed by atoms with E-state index in [0.29, 0.717) is 6.04 Å². The maximum atomic E-state index is 5.29. The zero-order valence-corrected chi connectivity index (χ0v) is 6.84. The van der Waals surface area contributed by atoms with Crippen molar-refractivity contribution < 1.29 is 4.74 Å². The SMILES string of the molecule is CC1=CN(C2CCOC2)NC1. The summed E-state index contributed by atoms with van der Waals surface area (Å²) in [4.78, 5) is 0. The lowest BCUT2D eigenvalue weighted by Gasteiger charge is -2.21. The van der Waals surface area contributed by atoms with Crippen LogP contribution in [0.2, 0.25) is 0 Å². The molecular weight excluding hydrogens is 140 g/mol. The minimum absolute atomic E-state index is 0.562. The normalized spacial score (nSPS) is 31.2. The van der Waals surface area contributed by atoms with Crippen molar-refractivity contribution in [3.63, 3.8) is 0 Å². The minimum Gasteiger partial charge on any atom is -0.379 e. The highest BCUT2D eigenvalue weighted by molar-refractivity contribution is 5.05. The van der Waals surface area contributed by atoms with Crippen LogP contribution in [0.15, 0.2) is 11.8 Å². The molecule has 2 rings (SSSR count). The van der Waals surface area contributed by atoms with Gasteiger partial charge in [0.15, 0.2) is 0 Å². The van der Waals surface area contributed by atoms with Crippen molar-refractivity contribution >= 4 is 0 Å². The van der Waals surface area contributed by atoms with Gasteiger partial charge in [0.05, 0.1) is 12.6 Å². The van der Waals surface area contributed by atoms with Gasteiger partial charge in [-0.3, -0.25) is 0 Å². The van der Waals surface area contributed by atoms with E-state index < -0.39 is 0 Å². The molecule has 0 amide bonds. The van der Waals surface area contributed by atoms with Gasteiger partial charge in [0.2, 0.25) is 0 Å². The van der Waals surface area contributed by atoms with Crippen LogP contribution >= 0.6 is 0 Å². The molecule has 3 nitrogen and oxygen atoms in total. The summed E-state index contributed by atoms with van der Waals surface area (Å²) in [5.41, 5.74) is 4.71. The third kappa shape index (κ3) is 1.39. The lowest BCUT2D eigenvalue weighted by atomic mass is 10.2. The van der Waals surface area contributed by atoms with E-state index in [4.69, 9.17) is 4.74 Å². The fraction of sp³-hybridized carbons (Fsp3) is 0.750. The first kappa shape index (κ1) is 7.13. The third-order valence-electron chi connectivity index (χ3n) is 2.20. The van der Waals surface area contributed by atoms with Gasteiger partial charge in [-0.05, 0) is 18.9 Å². The van der Waals surface area contributed by atoms with Crippen molar-refractivity contribution in [2.75, 3.05) is 19.8 Å².